The van der Waals surface area contributed by atoms with Gasteiger partial charge in [0.15, 0.2) is 0 Å². The minimum absolute atomic E-state index is 0.305. The predicted molar refractivity (Wildman–Crippen MR) is 231 cm³/mol. The van der Waals surface area contributed by atoms with E-state index in [0.717, 1.165) is 33.6 Å². The van der Waals surface area contributed by atoms with E-state index in [1.807, 2.05) is 66.1 Å². The normalized spacial score (nSPS) is 12.8. The average Bonchev–Trinajstić information content (AvgIpc) is 3.61. The summed E-state index contributed by atoms with van der Waals surface area (Å²) in [6.45, 7) is 0. The molecule has 0 saturated carbocycles. The average molecular weight is 715 g/mol. The topological polar surface area (TPSA) is 62.4 Å². The van der Waals surface area contributed by atoms with E-state index in [1.54, 1.807) is 0 Å². The Morgan fingerprint density at radius 3 is 1.98 bits per heavy atom. The largest absolute Gasteiger partial charge is 0.355 e. The highest BCUT2D eigenvalue weighted by Crippen LogP contribution is 2.40. The Labute approximate surface area is 319 Å². The molecule has 0 amide bonds. The Hall–Kier alpha value is -6.37. The van der Waals surface area contributed by atoms with Crippen LogP contribution in [0.1, 0.15) is 29.0 Å². The van der Waals surface area contributed by atoms with Crippen LogP contribution in [0.25, 0.3) is 53.2 Å². The molecule has 9 rings (SSSR count). The zero-order chi connectivity index (χ0) is 36.3. The molecule has 0 radical (unpaired) electrons. The fraction of sp³-hybridized carbons (Fsp3) is 0.0408. The first-order valence-corrected chi connectivity index (χ1v) is 19.0. The first-order chi connectivity index (χ1) is 26.7. The van der Waals surface area contributed by atoms with Gasteiger partial charge in [0.25, 0.3) is 0 Å². The van der Waals surface area contributed by atoms with E-state index in [1.165, 1.54) is 47.6 Å². The maximum absolute atomic E-state index is 6.57. The van der Waals surface area contributed by atoms with Crippen LogP contribution in [-0.4, -0.2) is 6.21 Å². The van der Waals surface area contributed by atoms with Gasteiger partial charge < -0.3 is 11.1 Å². The Kier molecular flexibility index (Phi) is 9.25. The van der Waals surface area contributed by atoms with Gasteiger partial charge >= 0.3 is 0 Å². The summed E-state index contributed by atoms with van der Waals surface area (Å²) in [6, 6.07) is 66.1. The zero-order valence-corrected chi connectivity index (χ0v) is 30.4. The number of nitrogens with one attached hydrogen (secondary N) is 2. The Balaban J connectivity index is 1.03. The molecule has 0 bridgehead atoms. The quantitative estimate of drug-likeness (QED) is 0.0976. The lowest BCUT2D eigenvalue weighted by atomic mass is 9.93. The number of anilines is 2. The summed E-state index contributed by atoms with van der Waals surface area (Å²) in [4.78, 5) is 4.96. The number of hydrogen-bond acceptors (Lipinski definition) is 5. The van der Waals surface area contributed by atoms with E-state index in [4.69, 9.17) is 10.7 Å². The number of fused-ring (bicyclic) bond motifs is 4. The standard InChI is InChI=1S/C49H38N4S/c50-48(35-13-3-1-4-14-35)53-49(36-15-5-2-6-16-36)51-32-33-22-26-39(27-23-33)52-45-28-24-37(30-43(45)41-20-11-17-34-12-7-8-18-40(34)41)38-25-29-47-44(31-38)42-19-9-10-21-46(42)54-47/h1-32,48-49,52-53H,50H2. The van der Waals surface area contributed by atoms with Crippen LogP contribution in [0.2, 0.25) is 0 Å². The highest BCUT2D eigenvalue weighted by atomic mass is 32.1. The van der Waals surface area contributed by atoms with Gasteiger partial charge in [-0.15, -0.1) is 11.3 Å². The number of thiophene rings is 1. The van der Waals surface area contributed by atoms with Crippen LogP contribution < -0.4 is 16.4 Å². The lowest BCUT2D eigenvalue weighted by molar-refractivity contribution is 0.467. The lowest BCUT2D eigenvalue weighted by Crippen LogP contribution is -2.31. The van der Waals surface area contributed by atoms with Crippen molar-refractivity contribution in [3.8, 4) is 22.3 Å². The molecule has 5 heteroatoms. The summed E-state index contributed by atoms with van der Waals surface area (Å²) in [5.41, 5.74) is 16.4. The number of rotatable bonds is 10. The van der Waals surface area contributed by atoms with Crippen molar-refractivity contribution in [2.75, 3.05) is 5.32 Å². The van der Waals surface area contributed by atoms with Gasteiger partial charge in [-0.2, -0.15) is 0 Å². The highest BCUT2D eigenvalue weighted by Gasteiger charge is 2.15. The molecular weight excluding hydrogens is 677 g/mol. The van der Waals surface area contributed by atoms with E-state index in [9.17, 15) is 0 Å². The third-order valence-electron chi connectivity index (χ3n) is 9.98. The van der Waals surface area contributed by atoms with Gasteiger partial charge in [-0.3, -0.25) is 10.3 Å². The minimum Gasteiger partial charge on any atom is -0.355 e. The van der Waals surface area contributed by atoms with E-state index >= 15 is 0 Å². The highest BCUT2D eigenvalue weighted by molar-refractivity contribution is 7.25. The van der Waals surface area contributed by atoms with E-state index < -0.39 is 0 Å². The summed E-state index contributed by atoms with van der Waals surface area (Å²) in [6.07, 6.45) is 1.25. The Morgan fingerprint density at radius 1 is 0.519 bits per heavy atom. The number of aliphatic imine (C=N–C) groups is 1. The molecule has 0 fully saturated rings. The van der Waals surface area contributed by atoms with Crippen LogP contribution in [0.15, 0.2) is 193 Å². The minimum atomic E-state index is -0.360. The molecule has 54 heavy (non-hydrogen) atoms. The molecule has 4 nitrogen and oxygen atoms in total. The summed E-state index contributed by atoms with van der Waals surface area (Å²) in [7, 11) is 0. The molecule has 0 aliphatic carbocycles. The molecule has 4 N–H and O–H groups in total. The van der Waals surface area contributed by atoms with Crippen molar-refractivity contribution in [2.24, 2.45) is 10.7 Å². The van der Waals surface area contributed by atoms with Crippen molar-refractivity contribution < 1.29 is 0 Å². The third kappa shape index (κ3) is 6.92. The van der Waals surface area contributed by atoms with Gasteiger partial charge in [0, 0.05) is 43.3 Å². The predicted octanol–water partition coefficient (Wildman–Crippen LogP) is 12.7. The van der Waals surface area contributed by atoms with Crippen molar-refractivity contribution in [1.29, 1.82) is 0 Å². The summed E-state index contributed by atoms with van der Waals surface area (Å²) in [5, 5.41) is 12.3. The van der Waals surface area contributed by atoms with E-state index in [0.29, 0.717) is 0 Å². The first kappa shape index (κ1) is 33.5. The van der Waals surface area contributed by atoms with Crippen LogP contribution in [0.3, 0.4) is 0 Å². The number of nitrogens with two attached hydrogens (primary N) is 1. The SMILES string of the molecule is NC(NC(N=Cc1ccc(Nc2ccc(-c3ccc4sc5ccccc5c4c3)cc2-c2cccc3ccccc23)cc1)c1ccccc1)c1ccccc1. The van der Waals surface area contributed by atoms with Crippen molar-refractivity contribution in [2.45, 2.75) is 12.3 Å². The van der Waals surface area contributed by atoms with Gasteiger partial charge in [-0.05, 0) is 86.6 Å². The maximum Gasteiger partial charge on any atom is 0.127 e. The van der Waals surface area contributed by atoms with E-state index in [2.05, 4.69) is 150 Å². The van der Waals surface area contributed by atoms with Crippen molar-refractivity contribution in [1.82, 2.24) is 5.32 Å². The van der Waals surface area contributed by atoms with Crippen molar-refractivity contribution in [3.05, 3.63) is 205 Å². The summed E-state index contributed by atoms with van der Waals surface area (Å²) >= 11 is 1.85. The monoisotopic (exact) mass is 714 g/mol. The molecule has 260 valence electrons. The van der Waals surface area contributed by atoms with Crippen molar-refractivity contribution in [3.63, 3.8) is 0 Å². The van der Waals surface area contributed by atoms with Crippen LogP contribution in [0.4, 0.5) is 11.4 Å². The fourth-order valence-electron chi connectivity index (χ4n) is 7.18. The molecule has 0 aliphatic heterocycles. The number of benzene rings is 8. The smallest absolute Gasteiger partial charge is 0.127 e. The molecule has 8 aromatic carbocycles. The molecule has 0 saturated heterocycles. The molecule has 2 unspecified atom stereocenters. The molecular formula is C49H38N4S. The zero-order valence-electron chi connectivity index (χ0n) is 29.6. The van der Waals surface area contributed by atoms with Crippen LogP contribution in [0.5, 0.6) is 0 Å². The molecule has 0 spiro atoms. The van der Waals surface area contributed by atoms with Crippen LogP contribution in [0, 0.1) is 0 Å². The molecule has 1 heterocycles. The number of hydrogen-bond donors (Lipinski definition) is 3. The summed E-state index contributed by atoms with van der Waals surface area (Å²) in [5.74, 6) is 0. The molecule has 2 atom stereocenters. The molecule has 0 aliphatic rings. The molecule has 1 aromatic heterocycles. The Bertz CT molecular complexity index is 2730. The van der Waals surface area contributed by atoms with Crippen molar-refractivity contribution >= 4 is 59.9 Å². The summed E-state index contributed by atoms with van der Waals surface area (Å²) < 4.78 is 2.63. The van der Waals surface area contributed by atoms with Gasteiger partial charge in [-0.25, -0.2) is 0 Å². The second-order valence-electron chi connectivity index (χ2n) is 13.5. The first-order valence-electron chi connectivity index (χ1n) is 18.2. The van der Waals surface area contributed by atoms with Gasteiger partial charge in [-0.1, -0.05) is 146 Å². The van der Waals surface area contributed by atoms with E-state index in [-0.39, 0.29) is 12.3 Å². The number of nitrogens with zero attached hydrogens (tertiary/aromatic N) is 1. The van der Waals surface area contributed by atoms with Crippen LogP contribution in [-0.2, 0) is 0 Å². The third-order valence-corrected chi connectivity index (χ3v) is 11.1. The second kappa shape index (κ2) is 14.9. The molecule has 9 aromatic rings. The maximum atomic E-state index is 6.57. The van der Waals surface area contributed by atoms with Crippen LogP contribution >= 0.6 is 11.3 Å². The van der Waals surface area contributed by atoms with Gasteiger partial charge in [0.2, 0.25) is 0 Å². The Morgan fingerprint density at radius 2 is 1.17 bits per heavy atom. The van der Waals surface area contributed by atoms with Gasteiger partial charge in [0.1, 0.15) is 6.17 Å². The second-order valence-corrected chi connectivity index (χ2v) is 14.6. The van der Waals surface area contributed by atoms with Gasteiger partial charge in [0.05, 0.1) is 6.17 Å². The lowest BCUT2D eigenvalue weighted by Gasteiger charge is -2.21. The fourth-order valence-corrected chi connectivity index (χ4v) is 8.26.